The molecule has 1 aliphatic heterocycles. The van der Waals surface area contributed by atoms with Crippen molar-refractivity contribution < 1.29 is 9.90 Å². The Morgan fingerprint density at radius 2 is 2.28 bits per heavy atom. The number of carbonyl (C=O) groups is 1. The molecular weight excluding hydrogens is 248 g/mol. The molecule has 4 nitrogen and oxygen atoms in total. The van der Waals surface area contributed by atoms with Gasteiger partial charge in [-0.1, -0.05) is 13.8 Å². The Hall–Kier alpha value is -0.940. The zero-order valence-corrected chi connectivity index (χ0v) is 11.9. The number of rotatable bonds is 4. The number of carboxylic acids is 1. The van der Waals surface area contributed by atoms with Crippen molar-refractivity contribution in [1.29, 1.82) is 0 Å². The smallest absolute Gasteiger partial charge is 0.311 e. The number of likely N-dealkylation sites (tertiary alicyclic amines) is 1. The fourth-order valence-corrected chi connectivity index (χ4v) is 3.41. The Morgan fingerprint density at radius 3 is 2.72 bits per heavy atom. The molecule has 18 heavy (non-hydrogen) atoms. The summed E-state index contributed by atoms with van der Waals surface area (Å²) in [6.07, 6.45) is 2.54. The van der Waals surface area contributed by atoms with Crippen LogP contribution in [0, 0.1) is 11.3 Å². The summed E-state index contributed by atoms with van der Waals surface area (Å²) in [5, 5.41) is 12.6. The van der Waals surface area contributed by atoms with Crippen molar-refractivity contribution in [2.75, 3.05) is 13.1 Å². The Morgan fingerprint density at radius 1 is 1.56 bits per heavy atom. The van der Waals surface area contributed by atoms with Crippen molar-refractivity contribution in [2.45, 2.75) is 33.2 Å². The third-order valence-corrected chi connectivity index (χ3v) is 5.16. The van der Waals surface area contributed by atoms with Gasteiger partial charge < -0.3 is 5.11 Å². The first-order chi connectivity index (χ1) is 8.47. The van der Waals surface area contributed by atoms with Crippen molar-refractivity contribution in [1.82, 2.24) is 9.88 Å². The van der Waals surface area contributed by atoms with E-state index in [0.717, 1.165) is 18.0 Å². The Labute approximate surface area is 112 Å². The summed E-state index contributed by atoms with van der Waals surface area (Å²) in [5.41, 5.74) is -0.592. The Kier molecular flexibility index (Phi) is 3.73. The molecule has 1 aromatic heterocycles. The minimum absolute atomic E-state index is 0.156. The van der Waals surface area contributed by atoms with Gasteiger partial charge in [0.2, 0.25) is 0 Å². The highest BCUT2D eigenvalue weighted by Gasteiger charge is 2.48. The van der Waals surface area contributed by atoms with Crippen LogP contribution >= 0.6 is 11.3 Å². The number of hydrogen-bond donors (Lipinski definition) is 1. The van der Waals surface area contributed by atoms with E-state index in [1.54, 1.807) is 17.5 Å². The molecule has 1 saturated heterocycles. The monoisotopic (exact) mass is 268 g/mol. The van der Waals surface area contributed by atoms with Crippen LogP contribution in [0.15, 0.2) is 11.6 Å². The molecule has 0 saturated carbocycles. The molecule has 2 heterocycles. The van der Waals surface area contributed by atoms with Crippen LogP contribution in [0.5, 0.6) is 0 Å². The van der Waals surface area contributed by atoms with Gasteiger partial charge in [-0.05, 0) is 19.3 Å². The zero-order valence-electron chi connectivity index (χ0n) is 11.1. The van der Waals surface area contributed by atoms with E-state index in [4.69, 9.17) is 0 Å². The van der Waals surface area contributed by atoms with Gasteiger partial charge in [-0.3, -0.25) is 9.69 Å². The number of thiazole rings is 1. The summed E-state index contributed by atoms with van der Waals surface area (Å²) in [4.78, 5) is 18.2. The van der Waals surface area contributed by atoms with Crippen molar-refractivity contribution in [3.8, 4) is 0 Å². The lowest BCUT2D eigenvalue weighted by molar-refractivity contribution is -0.151. The second kappa shape index (κ2) is 4.97. The third-order valence-electron chi connectivity index (χ3n) is 4.22. The highest BCUT2D eigenvalue weighted by Crippen LogP contribution is 2.41. The Bertz CT molecular complexity index is 419. The largest absolute Gasteiger partial charge is 0.481 e. The van der Waals surface area contributed by atoms with E-state index in [1.807, 2.05) is 19.2 Å². The van der Waals surface area contributed by atoms with E-state index < -0.39 is 11.4 Å². The van der Waals surface area contributed by atoms with Crippen molar-refractivity contribution in [2.24, 2.45) is 11.3 Å². The van der Waals surface area contributed by atoms with Crippen LogP contribution in [-0.2, 0) is 4.79 Å². The molecule has 2 atom stereocenters. The van der Waals surface area contributed by atoms with Crippen LogP contribution in [0.1, 0.15) is 38.2 Å². The molecule has 1 aromatic rings. The second-order valence-electron chi connectivity index (χ2n) is 5.38. The van der Waals surface area contributed by atoms with Gasteiger partial charge in [0.25, 0.3) is 0 Å². The normalized spacial score (nSPS) is 26.7. The fourth-order valence-electron chi connectivity index (χ4n) is 2.68. The summed E-state index contributed by atoms with van der Waals surface area (Å²) >= 11 is 1.63. The second-order valence-corrected chi connectivity index (χ2v) is 6.31. The first kappa shape index (κ1) is 13.5. The maximum atomic E-state index is 11.6. The third kappa shape index (κ3) is 2.17. The first-order valence-corrected chi connectivity index (χ1v) is 7.22. The van der Waals surface area contributed by atoms with Crippen LogP contribution in [0.25, 0.3) is 0 Å². The molecule has 1 aliphatic rings. The molecule has 2 unspecified atom stereocenters. The number of hydrogen-bond acceptors (Lipinski definition) is 4. The molecule has 0 radical (unpaired) electrons. The minimum Gasteiger partial charge on any atom is -0.481 e. The van der Waals surface area contributed by atoms with Crippen LogP contribution in [0.3, 0.4) is 0 Å². The predicted molar refractivity (Wildman–Crippen MR) is 71.6 cm³/mol. The Balaban J connectivity index is 2.14. The van der Waals surface area contributed by atoms with Crippen LogP contribution in [0.4, 0.5) is 0 Å². The number of aromatic nitrogens is 1. The topological polar surface area (TPSA) is 53.4 Å². The van der Waals surface area contributed by atoms with Gasteiger partial charge in [0.15, 0.2) is 0 Å². The van der Waals surface area contributed by atoms with Crippen LogP contribution < -0.4 is 0 Å². The molecule has 0 bridgehead atoms. The highest BCUT2D eigenvalue weighted by molar-refractivity contribution is 7.09. The molecule has 2 rings (SSSR count). The van der Waals surface area contributed by atoms with Gasteiger partial charge >= 0.3 is 5.97 Å². The zero-order chi connectivity index (χ0) is 13.3. The SMILES string of the molecule is CC(c1nccs1)N1CCC(C(=O)O)(C(C)C)C1. The van der Waals surface area contributed by atoms with E-state index in [1.165, 1.54) is 0 Å². The van der Waals surface area contributed by atoms with Gasteiger partial charge in [0.05, 0.1) is 11.5 Å². The van der Waals surface area contributed by atoms with E-state index in [0.29, 0.717) is 6.54 Å². The van der Waals surface area contributed by atoms with E-state index in [9.17, 15) is 9.90 Å². The van der Waals surface area contributed by atoms with Crippen LogP contribution in [-0.4, -0.2) is 34.0 Å². The minimum atomic E-state index is -0.661. The quantitative estimate of drug-likeness (QED) is 0.912. The van der Waals surface area contributed by atoms with E-state index >= 15 is 0 Å². The van der Waals surface area contributed by atoms with Gasteiger partial charge in [0.1, 0.15) is 5.01 Å². The van der Waals surface area contributed by atoms with Gasteiger partial charge in [-0.15, -0.1) is 11.3 Å². The maximum absolute atomic E-state index is 11.6. The van der Waals surface area contributed by atoms with Gasteiger partial charge in [-0.2, -0.15) is 0 Å². The molecule has 1 fully saturated rings. The fraction of sp³-hybridized carbons (Fsp3) is 0.692. The summed E-state index contributed by atoms with van der Waals surface area (Å²) < 4.78 is 0. The molecule has 0 amide bonds. The maximum Gasteiger partial charge on any atom is 0.311 e. The number of aliphatic carboxylic acids is 1. The average molecular weight is 268 g/mol. The number of nitrogens with zero attached hydrogens (tertiary/aromatic N) is 2. The lowest BCUT2D eigenvalue weighted by atomic mass is 9.76. The van der Waals surface area contributed by atoms with E-state index in [-0.39, 0.29) is 12.0 Å². The summed E-state index contributed by atoms with van der Waals surface area (Å²) in [6, 6.07) is 0.213. The molecular formula is C13H20N2O2S. The predicted octanol–water partition coefficient (Wildman–Crippen LogP) is 2.64. The molecule has 1 N–H and O–H groups in total. The first-order valence-electron chi connectivity index (χ1n) is 6.34. The van der Waals surface area contributed by atoms with Crippen LogP contribution in [0.2, 0.25) is 0 Å². The summed E-state index contributed by atoms with van der Waals surface area (Å²) in [5.74, 6) is -0.505. The highest BCUT2D eigenvalue weighted by atomic mass is 32.1. The number of carboxylic acid groups (broad SMARTS) is 1. The lowest BCUT2D eigenvalue weighted by Crippen LogP contribution is -2.39. The standard InChI is InChI=1S/C13H20N2O2S/c1-9(2)13(12(16)17)4-6-15(8-13)10(3)11-14-5-7-18-11/h5,7,9-10H,4,6,8H2,1-3H3,(H,16,17). The van der Waals surface area contributed by atoms with Gasteiger partial charge in [-0.25, -0.2) is 4.98 Å². The van der Waals surface area contributed by atoms with Crippen molar-refractivity contribution in [3.63, 3.8) is 0 Å². The molecule has 5 heteroatoms. The molecule has 0 aromatic carbocycles. The average Bonchev–Trinajstić information content (AvgIpc) is 2.98. The van der Waals surface area contributed by atoms with Crippen molar-refractivity contribution in [3.05, 3.63) is 16.6 Å². The van der Waals surface area contributed by atoms with E-state index in [2.05, 4.69) is 16.8 Å². The summed E-state index contributed by atoms with van der Waals surface area (Å²) in [6.45, 7) is 7.58. The lowest BCUT2D eigenvalue weighted by Gasteiger charge is -2.30. The molecule has 100 valence electrons. The van der Waals surface area contributed by atoms with Crippen molar-refractivity contribution >= 4 is 17.3 Å². The summed E-state index contributed by atoms with van der Waals surface area (Å²) in [7, 11) is 0. The van der Waals surface area contributed by atoms with Gasteiger partial charge in [0, 0.05) is 24.7 Å². The molecule has 0 aliphatic carbocycles. The molecule has 0 spiro atoms.